The molecule has 1 aliphatic carbocycles. The van der Waals surface area contributed by atoms with Crippen molar-refractivity contribution in [3.63, 3.8) is 0 Å². The minimum atomic E-state index is -0.836. The van der Waals surface area contributed by atoms with Crippen molar-refractivity contribution < 1.29 is 14.6 Å². The SMILES string of the molecule is CC1(CC(=O)O)CC=C2C=CC(c3ccccc3)=C2O1. The predicted molar refractivity (Wildman–Crippen MR) is 76.9 cm³/mol. The van der Waals surface area contributed by atoms with Crippen molar-refractivity contribution in [2.24, 2.45) is 0 Å². The summed E-state index contributed by atoms with van der Waals surface area (Å²) in [6.07, 6.45) is 6.74. The first-order valence-corrected chi connectivity index (χ1v) is 6.66. The van der Waals surface area contributed by atoms with Crippen LogP contribution in [-0.2, 0) is 9.53 Å². The van der Waals surface area contributed by atoms with Crippen LogP contribution in [0.25, 0.3) is 5.57 Å². The molecular weight excluding hydrogens is 252 g/mol. The molecule has 1 heterocycles. The second-order valence-electron chi connectivity index (χ2n) is 5.43. The summed E-state index contributed by atoms with van der Waals surface area (Å²) in [7, 11) is 0. The van der Waals surface area contributed by atoms with Gasteiger partial charge in [-0.15, -0.1) is 0 Å². The Morgan fingerprint density at radius 1 is 1.30 bits per heavy atom. The molecule has 1 N–H and O–H groups in total. The Morgan fingerprint density at radius 3 is 2.75 bits per heavy atom. The van der Waals surface area contributed by atoms with Crippen LogP contribution >= 0.6 is 0 Å². The van der Waals surface area contributed by atoms with E-state index in [4.69, 9.17) is 9.84 Å². The first-order chi connectivity index (χ1) is 9.57. The van der Waals surface area contributed by atoms with Crippen molar-refractivity contribution in [1.29, 1.82) is 0 Å². The van der Waals surface area contributed by atoms with Crippen molar-refractivity contribution in [3.05, 3.63) is 65.5 Å². The van der Waals surface area contributed by atoms with Gasteiger partial charge in [-0.25, -0.2) is 0 Å². The number of fused-ring (bicyclic) bond motifs is 1. The van der Waals surface area contributed by atoms with Gasteiger partial charge in [-0.3, -0.25) is 4.79 Å². The molecule has 0 fully saturated rings. The van der Waals surface area contributed by atoms with E-state index in [1.165, 1.54) is 0 Å². The number of ether oxygens (including phenoxy) is 1. The third-order valence-corrected chi connectivity index (χ3v) is 3.65. The van der Waals surface area contributed by atoms with Crippen LogP contribution in [0.4, 0.5) is 0 Å². The van der Waals surface area contributed by atoms with Crippen LogP contribution in [0.15, 0.2) is 59.9 Å². The summed E-state index contributed by atoms with van der Waals surface area (Å²) in [5.41, 5.74) is 2.48. The maximum atomic E-state index is 11.0. The van der Waals surface area contributed by atoms with Crippen LogP contribution in [0.1, 0.15) is 25.3 Å². The minimum absolute atomic E-state index is 0.00233. The summed E-state index contributed by atoms with van der Waals surface area (Å²) < 4.78 is 6.04. The van der Waals surface area contributed by atoms with E-state index >= 15 is 0 Å². The average Bonchev–Trinajstić information content (AvgIpc) is 2.81. The zero-order chi connectivity index (χ0) is 14.2. The Kier molecular flexibility index (Phi) is 2.97. The molecule has 0 radical (unpaired) electrons. The van der Waals surface area contributed by atoms with Crippen LogP contribution in [0.3, 0.4) is 0 Å². The van der Waals surface area contributed by atoms with Crippen molar-refractivity contribution in [2.45, 2.75) is 25.4 Å². The third kappa shape index (κ3) is 2.27. The molecule has 1 atom stereocenters. The molecule has 3 heteroatoms. The highest BCUT2D eigenvalue weighted by Gasteiger charge is 2.35. The Balaban J connectivity index is 1.99. The van der Waals surface area contributed by atoms with Gasteiger partial charge in [0.1, 0.15) is 11.4 Å². The zero-order valence-corrected chi connectivity index (χ0v) is 11.3. The number of benzene rings is 1. The van der Waals surface area contributed by atoms with Gasteiger partial charge >= 0.3 is 5.97 Å². The first-order valence-electron chi connectivity index (χ1n) is 6.66. The molecule has 2 aliphatic rings. The van der Waals surface area contributed by atoms with Gasteiger partial charge in [0.2, 0.25) is 0 Å². The van der Waals surface area contributed by atoms with Crippen molar-refractivity contribution in [3.8, 4) is 0 Å². The zero-order valence-electron chi connectivity index (χ0n) is 11.3. The van der Waals surface area contributed by atoms with E-state index in [1.807, 2.05) is 49.4 Å². The van der Waals surface area contributed by atoms with Crippen molar-refractivity contribution >= 4 is 11.5 Å². The van der Waals surface area contributed by atoms with Crippen molar-refractivity contribution in [1.82, 2.24) is 0 Å². The number of aliphatic carboxylic acids is 1. The molecule has 0 saturated carbocycles. The number of hydrogen-bond donors (Lipinski definition) is 1. The Hall–Kier alpha value is -2.29. The first kappa shape index (κ1) is 12.7. The Labute approximate surface area is 117 Å². The quantitative estimate of drug-likeness (QED) is 0.912. The van der Waals surface area contributed by atoms with Gasteiger partial charge in [0.05, 0.1) is 6.42 Å². The standard InChI is InChI=1S/C17H16O3/c1-17(11-15(18)19)10-9-13-7-8-14(16(13)20-17)12-5-3-2-4-6-12/h2-9H,10-11H2,1H3,(H,18,19). The highest BCUT2D eigenvalue weighted by atomic mass is 16.5. The number of carbonyl (C=O) groups is 1. The van der Waals surface area contributed by atoms with Crippen LogP contribution in [0, 0.1) is 0 Å². The number of rotatable bonds is 3. The lowest BCUT2D eigenvalue weighted by Gasteiger charge is -2.33. The fourth-order valence-corrected chi connectivity index (χ4v) is 2.64. The minimum Gasteiger partial charge on any atom is -0.485 e. The molecule has 1 aromatic rings. The monoisotopic (exact) mass is 268 g/mol. The number of carboxylic acid groups (broad SMARTS) is 1. The van der Waals surface area contributed by atoms with E-state index < -0.39 is 11.6 Å². The fraction of sp³-hybridized carbons (Fsp3) is 0.235. The molecule has 3 nitrogen and oxygen atoms in total. The predicted octanol–water partition coefficient (Wildman–Crippen LogP) is 3.55. The van der Waals surface area contributed by atoms with E-state index in [9.17, 15) is 4.79 Å². The molecule has 1 unspecified atom stereocenters. The molecule has 0 amide bonds. The highest BCUT2D eigenvalue weighted by Crippen LogP contribution is 2.41. The van der Waals surface area contributed by atoms with Gasteiger partial charge in [-0.05, 0) is 18.6 Å². The van der Waals surface area contributed by atoms with E-state index in [0.29, 0.717) is 6.42 Å². The normalized spacial score (nSPS) is 24.1. The number of hydrogen-bond acceptors (Lipinski definition) is 2. The molecule has 0 aromatic heterocycles. The average molecular weight is 268 g/mol. The largest absolute Gasteiger partial charge is 0.485 e. The summed E-state index contributed by atoms with van der Waals surface area (Å²) in [5, 5.41) is 9.02. The van der Waals surface area contributed by atoms with Gasteiger partial charge in [0.15, 0.2) is 0 Å². The summed E-state index contributed by atoms with van der Waals surface area (Å²) in [6, 6.07) is 10.0. The van der Waals surface area contributed by atoms with E-state index in [2.05, 4.69) is 6.08 Å². The number of carboxylic acids is 1. The van der Waals surface area contributed by atoms with Crippen molar-refractivity contribution in [2.75, 3.05) is 0 Å². The van der Waals surface area contributed by atoms with Gasteiger partial charge in [-0.1, -0.05) is 42.5 Å². The molecule has 0 saturated heterocycles. The Bertz CT molecular complexity index is 637. The summed E-state index contributed by atoms with van der Waals surface area (Å²) in [4.78, 5) is 11.0. The van der Waals surface area contributed by atoms with Gasteiger partial charge in [0, 0.05) is 17.6 Å². The molecule has 20 heavy (non-hydrogen) atoms. The lowest BCUT2D eigenvalue weighted by molar-refractivity contribution is -0.142. The topological polar surface area (TPSA) is 46.5 Å². The third-order valence-electron chi connectivity index (χ3n) is 3.65. The van der Waals surface area contributed by atoms with E-state index in [1.54, 1.807) is 0 Å². The second kappa shape index (κ2) is 4.67. The maximum absolute atomic E-state index is 11.0. The van der Waals surface area contributed by atoms with Gasteiger partial charge < -0.3 is 9.84 Å². The Morgan fingerprint density at radius 2 is 2.05 bits per heavy atom. The van der Waals surface area contributed by atoms with E-state index in [-0.39, 0.29) is 6.42 Å². The molecule has 1 aromatic carbocycles. The lowest BCUT2D eigenvalue weighted by atomic mass is 9.92. The van der Waals surface area contributed by atoms with Crippen LogP contribution in [-0.4, -0.2) is 16.7 Å². The molecular formula is C17H16O3. The summed E-state index contributed by atoms with van der Waals surface area (Å²) >= 11 is 0. The summed E-state index contributed by atoms with van der Waals surface area (Å²) in [5.74, 6) is -0.0385. The smallest absolute Gasteiger partial charge is 0.307 e. The maximum Gasteiger partial charge on any atom is 0.307 e. The van der Waals surface area contributed by atoms with Gasteiger partial charge in [-0.2, -0.15) is 0 Å². The molecule has 1 aliphatic heterocycles. The molecule has 0 bridgehead atoms. The summed E-state index contributed by atoms with van der Waals surface area (Å²) in [6.45, 7) is 1.85. The molecule has 3 rings (SSSR count). The van der Waals surface area contributed by atoms with Crippen LogP contribution in [0.5, 0.6) is 0 Å². The lowest BCUT2D eigenvalue weighted by Crippen LogP contribution is -2.33. The second-order valence-corrected chi connectivity index (χ2v) is 5.43. The number of allylic oxidation sites excluding steroid dienone is 3. The fourth-order valence-electron chi connectivity index (χ4n) is 2.64. The van der Waals surface area contributed by atoms with Gasteiger partial charge in [0.25, 0.3) is 0 Å². The molecule has 102 valence electrons. The van der Waals surface area contributed by atoms with E-state index in [0.717, 1.165) is 22.5 Å². The molecule has 0 spiro atoms. The van der Waals surface area contributed by atoms with Crippen LogP contribution in [0.2, 0.25) is 0 Å². The highest BCUT2D eigenvalue weighted by molar-refractivity contribution is 5.84. The van der Waals surface area contributed by atoms with Crippen LogP contribution < -0.4 is 0 Å².